The summed E-state index contributed by atoms with van der Waals surface area (Å²) in [6.45, 7) is 0. The Balaban J connectivity index is 1.19. The number of anilines is 1. The van der Waals surface area contributed by atoms with Crippen LogP contribution in [-0.2, 0) is 17.2 Å². The van der Waals surface area contributed by atoms with E-state index in [0.29, 0.717) is 16.5 Å². The number of nitrogens with one attached hydrogen (secondary N) is 1. The van der Waals surface area contributed by atoms with Gasteiger partial charge in [-0.25, -0.2) is 0 Å². The fraction of sp³-hybridized carbons (Fsp3) is 0.0263. The molecule has 244 valence electrons. The van der Waals surface area contributed by atoms with E-state index in [9.17, 15) is 32.5 Å². The van der Waals surface area contributed by atoms with Crippen molar-refractivity contribution in [1.82, 2.24) is 4.57 Å². The third-order valence-electron chi connectivity index (χ3n) is 8.96. The van der Waals surface area contributed by atoms with Gasteiger partial charge in [-0.1, -0.05) is 66.7 Å². The van der Waals surface area contributed by atoms with E-state index in [2.05, 4.69) is 20.1 Å². The highest BCUT2D eigenvalue weighted by molar-refractivity contribution is 7.86. The number of azo groups is 1. The van der Waals surface area contributed by atoms with Gasteiger partial charge in [-0.05, 0) is 47.9 Å². The Hall–Kier alpha value is -6.50. The van der Waals surface area contributed by atoms with Crippen LogP contribution in [-0.4, -0.2) is 40.1 Å². The number of amides is 1. The van der Waals surface area contributed by atoms with Gasteiger partial charge in [0.15, 0.2) is 17.3 Å². The molecule has 0 atom stereocenters. The summed E-state index contributed by atoms with van der Waals surface area (Å²) in [6.07, 6.45) is 0. The molecule has 7 aromatic rings. The number of hydrogen-bond acceptors (Lipinski definition) is 8. The number of carbonyl (C=O) groups excluding carboxylic acids is 3. The number of phenols is 1. The van der Waals surface area contributed by atoms with Crippen LogP contribution in [0.2, 0.25) is 0 Å². The van der Waals surface area contributed by atoms with Crippen LogP contribution in [0.25, 0.3) is 32.6 Å². The van der Waals surface area contributed by atoms with Crippen LogP contribution >= 0.6 is 0 Å². The van der Waals surface area contributed by atoms with Crippen LogP contribution in [0.1, 0.15) is 42.2 Å². The largest absolute Gasteiger partial charge is 0.505 e. The molecule has 0 unspecified atom stereocenters. The summed E-state index contributed by atoms with van der Waals surface area (Å²) in [5.74, 6) is -2.52. The summed E-state index contributed by atoms with van der Waals surface area (Å²) < 4.78 is 35.8. The minimum absolute atomic E-state index is 0.0227. The first-order chi connectivity index (χ1) is 24.0. The van der Waals surface area contributed by atoms with Gasteiger partial charge >= 0.3 is 0 Å². The first kappa shape index (κ1) is 30.8. The van der Waals surface area contributed by atoms with Gasteiger partial charge in [0.05, 0.1) is 22.4 Å². The van der Waals surface area contributed by atoms with Crippen molar-refractivity contribution in [2.45, 2.75) is 4.90 Å². The Bertz CT molecular complexity index is 2800. The Morgan fingerprint density at radius 3 is 2.16 bits per heavy atom. The highest BCUT2D eigenvalue weighted by Crippen LogP contribution is 2.42. The quantitative estimate of drug-likeness (QED) is 0.123. The molecule has 1 heterocycles. The maximum Gasteiger partial charge on any atom is 0.295 e. The molecule has 0 bridgehead atoms. The van der Waals surface area contributed by atoms with Crippen LogP contribution in [0.15, 0.2) is 124 Å². The zero-order valence-electron chi connectivity index (χ0n) is 26.1. The molecule has 0 radical (unpaired) electrons. The van der Waals surface area contributed by atoms with Gasteiger partial charge in [0.1, 0.15) is 10.6 Å². The number of nitrogens with zero attached hydrogens (tertiary/aromatic N) is 3. The lowest BCUT2D eigenvalue weighted by Gasteiger charge is -2.20. The van der Waals surface area contributed by atoms with Gasteiger partial charge in [0.2, 0.25) is 0 Å². The second kappa shape index (κ2) is 11.3. The summed E-state index contributed by atoms with van der Waals surface area (Å²) in [5, 5.41) is 26.0. The molecule has 11 nitrogen and oxygen atoms in total. The van der Waals surface area contributed by atoms with Crippen molar-refractivity contribution in [3.63, 3.8) is 0 Å². The molecule has 0 saturated carbocycles. The monoisotopic (exact) mass is 680 g/mol. The molecular formula is C38H24N4O7S. The van der Waals surface area contributed by atoms with E-state index in [1.165, 1.54) is 30.3 Å². The predicted molar refractivity (Wildman–Crippen MR) is 188 cm³/mol. The lowest BCUT2D eigenvalue weighted by atomic mass is 9.83. The summed E-state index contributed by atoms with van der Waals surface area (Å²) in [4.78, 5) is 40.2. The van der Waals surface area contributed by atoms with Gasteiger partial charge in [0, 0.05) is 51.1 Å². The maximum atomic E-state index is 13.7. The molecule has 3 N–H and O–H groups in total. The third kappa shape index (κ3) is 4.77. The molecule has 8 rings (SSSR count). The molecule has 50 heavy (non-hydrogen) atoms. The third-order valence-corrected chi connectivity index (χ3v) is 9.85. The van der Waals surface area contributed by atoms with Crippen molar-refractivity contribution >= 4 is 77.2 Å². The van der Waals surface area contributed by atoms with Crippen LogP contribution in [0.3, 0.4) is 0 Å². The van der Waals surface area contributed by atoms with Gasteiger partial charge in [-0.2, -0.15) is 8.42 Å². The van der Waals surface area contributed by atoms with Gasteiger partial charge in [0.25, 0.3) is 16.0 Å². The summed E-state index contributed by atoms with van der Waals surface area (Å²) in [6, 6.07) is 29.9. The van der Waals surface area contributed by atoms with Crippen LogP contribution in [0.5, 0.6) is 5.75 Å². The number of phenolic OH excluding ortho intramolecular Hbond substituents is 1. The number of aromatic nitrogens is 1. The number of aryl methyl sites for hydroxylation is 1. The Labute approximate surface area is 283 Å². The zero-order valence-corrected chi connectivity index (χ0v) is 26.9. The molecule has 1 aromatic heterocycles. The predicted octanol–water partition coefficient (Wildman–Crippen LogP) is 7.88. The average Bonchev–Trinajstić information content (AvgIpc) is 3.39. The van der Waals surface area contributed by atoms with Crippen molar-refractivity contribution in [2.75, 3.05) is 5.32 Å². The highest BCUT2D eigenvalue weighted by Gasteiger charge is 2.36. The lowest BCUT2D eigenvalue weighted by molar-refractivity contribution is 0.0977. The molecule has 0 fully saturated rings. The lowest BCUT2D eigenvalue weighted by Crippen LogP contribution is -2.23. The molecule has 6 aromatic carbocycles. The standard InChI is InChI=1S/C38H24N4O7S/c1-42-29-14-5-4-10-23(29)26-19-21(16-17-30(26)42)39-38(46)27-18-20-8-2-3-9-22(20)34(37(27)45)41-40-28-13-6-11-24-32(28)35(43)25-12-7-15-31(50(47,48)49)33(25)36(24)44/h2-19,45H,1H3,(H,39,46)(H,47,48,49). The Kier molecular flexibility index (Phi) is 6.96. The maximum absolute atomic E-state index is 13.7. The summed E-state index contributed by atoms with van der Waals surface area (Å²) in [7, 11) is -2.83. The van der Waals surface area contributed by atoms with Crippen molar-refractivity contribution < 1.29 is 32.5 Å². The minimum Gasteiger partial charge on any atom is -0.505 e. The van der Waals surface area contributed by atoms with Crippen molar-refractivity contribution in [3.8, 4) is 5.75 Å². The van der Waals surface area contributed by atoms with Gasteiger partial charge in [-0.3, -0.25) is 18.9 Å². The molecule has 1 amide bonds. The number of para-hydroxylation sites is 1. The van der Waals surface area contributed by atoms with E-state index in [0.717, 1.165) is 27.9 Å². The van der Waals surface area contributed by atoms with E-state index >= 15 is 0 Å². The number of fused-ring (bicyclic) bond motifs is 6. The molecular weight excluding hydrogens is 657 g/mol. The number of carbonyl (C=O) groups is 3. The van der Waals surface area contributed by atoms with Crippen LogP contribution in [0, 0.1) is 0 Å². The molecule has 0 aliphatic heterocycles. The van der Waals surface area contributed by atoms with Crippen molar-refractivity contribution in [3.05, 3.63) is 137 Å². The zero-order chi connectivity index (χ0) is 34.9. The first-order valence-electron chi connectivity index (χ1n) is 15.3. The normalized spacial score (nSPS) is 12.9. The Morgan fingerprint density at radius 1 is 0.720 bits per heavy atom. The Morgan fingerprint density at radius 2 is 1.38 bits per heavy atom. The van der Waals surface area contributed by atoms with Crippen molar-refractivity contribution in [1.29, 1.82) is 0 Å². The smallest absolute Gasteiger partial charge is 0.295 e. The second-order valence-electron chi connectivity index (χ2n) is 11.8. The van der Waals surface area contributed by atoms with E-state index in [4.69, 9.17) is 0 Å². The molecule has 0 spiro atoms. The van der Waals surface area contributed by atoms with Gasteiger partial charge < -0.3 is 15.0 Å². The van der Waals surface area contributed by atoms with Crippen molar-refractivity contribution in [2.24, 2.45) is 17.3 Å². The number of ketones is 2. The first-order valence-corrected chi connectivity index (χ1v) is 16.7. The fourth-order valence-electron chi connectivity index (χ4n) is 6.63. The van der Waals surface area contributed by atoms with Crippen LogP contribution in [0.4, 0.5) is 17.1 Å². The number of hydrogen-bond donors (Lipinski definition) is 3. The minimum atomic E-state index is -4.81. The number of rotatable bonds is 5. The number of benzene rings is 6. The van der Waals surface area contributed by atoms with E-state index in [1.807, 2.05) is 43.4 Å². The number of aromatic hydroxyl groups is 1. The molecule has 1 aliphatic rings. The summed E-state index contributed by atoms with van der Waals surface area (Å²) in [5.41, 5.74) is 1.54. The topological polar surface area (TPSA) is 167 Å². The fourth-order valence-corrected chi connectivity index (χ4v) is 7.34. The SMILES string of the molecule is Cn1c2ccccc2c2cc(NC(=O)c3cc4ccccc4c(N=Nc4cccc5c4C(=O)c4cccc(S(=O)(=O)O)c4C5=O)c3O)ccc21. The molecule has 1 aliphatic carbocycles. The van der Waals surface area contributed by atoms with E-state index in [1.54, 1.807) is 36.4 Å². The second-order valence-corrected chi connectivity index (χ2v) is 13.2. The molecule has 0 saturated heterocycles. The molecule has 12 heteroatoms. The average molecular weight is 681 g/mol. The van der Waals surface area contributed by atoms with E-state index < -0.39 is 43.8 Å². The van der Waals surface area contributed by atoms with Gasteiger partial charge in [-0.15, -0.1) is 10.2 Å². The highest BCUT2D eigenvalue weighted by atomic mass is 32.2. The van der Waals surface area contributed by atoms with E-state index in [-0.39, 0.29) is 33.6 Å². The summed E-state index contributed by atoms with van der Waals surface area (Å²) >= 11 is 0. The van der Waals surface area contributed by atoms with Crippen LogP contribution < -0.4 is 5.32 Å².